The molecule has 0 saturated heterocycles. The fourth-order valence-corrected chi connectivity index (χ4v) is 6.95. The topological polar surface area (TPSA) is 78.9 Å². The lowest BCUT2D eigenvalue weighted by molar-refractivity contribution is -0.167. The highest BCUT2D eigenvalue weighted by atomic mass is 16.6. The second-order valence-corrected chi connectivity index (χ2v) is 17.0. The maximum absolute atomic E-state index is 12.7. The summed E-state index contributed by atoms with van der Waals surface area (Å²) in [6.07, 6.45) is 68.4. The van der Waals surface area contributed by atoms with Gasteiger partial charge in [0, 0.05) is 19.3 Å². The summed E-state index contributed by atoms with van der Waals surface area (Å²) in [5.74, 6) is -0.935. The van der Waals surface area contributed by atoms with E-state index in [-0.39, 0.29) is 31.1 Å². The molecule has 0 aliphatic heterocycles. The van der Waals surface area contributed by atoms with Crippen molar-refractivity contribution in [2.75, 3.05) is 13.2 Å². The minimum atomic E-state index is -0.792. The molecule has 0 rings (SSSR count). The van der Waals surface area contributed by atoms with Gasteiger partial charge >= 0.3 is 17.9 Å². The molecule has 0 fully saturated rings. The molecule has 0 bridgehead atoms. The molecule has 0 aliphatic carbocycles. The summed E-state index contributed by atoms with van der Waals surface area (Å²) in [5.41, 5.74) is 0. The fourth-order valence-electron chi connectivity index (χ4n) is 6.95. The molecule has 1 unspecified atom stereocenters. The predicted molar refractivity (Wildman–Crippen MR) is 274 cm³/mol. The van der Waals surface area contributed by atoms with Crippen LogP contribution in [0.2, 0.25) is 0 Å². The Kier molecular flexibility index (Phi) is 49.0. The van der Waals surface area contributed by atoms with Gasteiger partial charge in [0.25, 0.3) is 0 Å². The summed E-state index contributed by atoms with van der Waals surface area (Å²) < 4.78 is 16.7. The van der Waals surface area contributed by atoms with Crippen molar-refractivity contribution in [1.29, 1.82) is 0 Å². The highest BCUT2D eigenvalue weighted by Gasteiger charge is 2.19. The van der Waals surface area contributed by atoms with E-state index in [9.17, 15) is 14.4 Å². The average Bonchev–Trinajstić information content (AvgIpc) is 3.29. The van der Waals surface area contributed by atoms with Crippen LogP contribution in [-0.2, 0) is 28.6 Å². The van der Waals surface area contributed by atoms with Gasteiger partial charge in [-0.2, -0.15) is 0 Å². The molecule has 0 radical (unpaired) electrons. The molecule has 0 aromatic carbocycles. The molecule has 1 atom stereocenters. The van der Waals surface area contributed by atoms with Crippen LogP contribution in [0.3, 0.4) is 0 Å². The minimum absolute atomic E-state index is 0.0909. The van der Waals surface area contributed by atoms with Crippen LogP contribution in [0.5, 0.6) is 0 Å². The molecule has 0 aromatic heterocycles. The molecule has 0 spiro atoms. The Labute approximate surface area is 394 Å². The van der Waals surface area contributed by atoms with E-state index in [1.54, 1.807) is 0 Å². The van der Waals surface area contributed by atoms with Crippen molar-refractivity contribution in [3.63, 3.8) is 0 Å². The number of hydrogen-bond donors (Lipinski definition) is 0. The molecule has 6 heteroatoms. The molecular weight excluding hydrogens is 793 g/mol. The third-order valence-electron chi connectivity index (χ3n) is 10.8. The molecule has 0 heterocycles. The smallest absolute Gasteiger partial charge is 0.306 e. The molecule has 0 aliphatic rings. The molecular formula is C58H96O6. The van der Waals surface area contributed by atoms with Crippen molar-refractivity contribution in [3.05, 3.63) is 97.2 Å². The van der Waals surface area contributed by atoms with E-state index < -0.39 is 6.10 Å². The van der Waals surface area contributed by atoms with Crippen molar-refractivity contribution in [2.24, 2.45) is 0 Å². The molecule has 6 nitrogen and oxygen atoms in total. The lowest BCUT2D eigenvalue weighted by atomic mass is 10.1. The molecule has 0 amide bonds. The number of allylic oxidation sites excluding steroid dienone is 16. The van der Waals surface area contributed by atoms with E-state index in [2.05, 4.69) is 118 Å². The standard InChI is InChI=1S/C58H96O6/c1-4-7-10-13-16-19-21-23-24-25-26-27-28-29-30-31-32-33-34-36-37-39-42-45-48-51-57(60)63-54-55(53-62-56(59)50-47-44-41-18-15-12-9-6-3)64-58(61)52-49-46-43-40-38-35-22-20-17-14-11-8-5-2/h7-8,10-11,16-17,19-20,23-24,26-27,29-30,35,38,55H,4-6,9,12-15,18,21-22,25,28,31-34,36-37,39-54H2,1-3H3/b10-7-,11-8-,19-16-,20-17-,24-23-,27-26-,30-29-,38-35-. The zero-order chi connectivity index (χ0) is 46.5. The van der Waals surface area contributed by atoms with Gasteiger partial charge in [0.1, 0.15) is 13.2 Å². The number of ether oxygens (including phenoxy) is 3. The molecule has 0 aromatic rings. The summed E-state index contributed by atoms with van der Waals surface area (Å²) >= 11 is 0. The Hall–Kier alpha value is -3.67. The number of rotatable bonds is 46. The molecule has 0 N–H and O–H groups in total. The summed E-state index contributed by atoms with van der Waals surface area (Å²) in [5, 5.41) is 0. The maximum Gasteiger partial charge on any atom is 0.306 e. The molecule has 364 valence electrons. The van der Waals surface area contributed by atoms with Gasteiger partial charge in [-0.3, -0.25) is 14.4 Å². The van der Waals surface area contributed by atoms with Crippen LogP contribution in [0.25, 0.3) is 0 Å². The van der Waals surface area contributed by atoms with Gasteiger partial charge < -0.3 is 14.2 Å². The van der Waals surface area contributed by atoms with Crippen LogP contribution in [-0.4, -0.2) is 37.2 Å². The molecule has 0 saturated carbocycles. The van der Waals surface area contributed by atoms with Gasteiger partial charge in [-0.1, -0.05) is 214 Å². The van der Waals surface area contributed by atoms with Crippen molar-refractivity contribution < 1.29 is 28.6 Å². The Morgan fingerprint density at radius 2 is 0.609 bits per heavy atom. The summed E-state index contributed by atoms with van der Waals surface area (Å²) in [6.45, 7) is 6.34. The van der Waals surface area contributed by atoms with E-state index >= 15 is 0 Å². The Bertz CT molecular complexity index is 1300. The van der Waals surface area contributed by atoms with Gasteiger partial charge in [0.2, 0.25) is 0 Å². The minimum Gasteiger partial charge on any atom is -0.462 e. The first-order valence-electron chi connectivity index (χ1n) is 26.2. The normalized spacial score (nSPS) is 12.9. The Balaban J connectivity index is 4.25. The second-order valence-electron chi connectivity index (χ2n) is 17.0. The van der Waals surface area contributed by atoms with Crippen LogP contribution >= 0.6 is 0 Å². The van der Waals surface area contributed by atoms with Crippen molar-refractivity contribution in [2.45, 2.75) is 239 Å². The summed E-state index contributed by atoms with van der Waals surface area (Å²) in [4.78, 5) is 37.8. The largest absolute Gasteiger partial charge is 0.462 e. The van der Waals surface area contributed by atoms with Crippen molar-refractivity contribution >= 4 is 17.9 Å². The Morgan fingerprint density at radius 3 is 0.969 bits per heavy atom. The average molecular weight is 889 g/mol. The van der Waals surface area contributed by atoms with Gasteiger partial charge in [-0.15, -0.1) is 0 Å². The van der Waals surface area contributed by atoms with Crippen molar-refractivity contribution in [1.82, 2.24) is 0 Å². The maximum atomic E-state index is 12.7. The third kappa shape index (κ3) is 49.3. The van der Waals surface area contributed by atoms with E-state index in [1.807, 2.05) is 0 Å². The lowest BCUT2D eigenvalue weighted by Crippen LogP contribution is -2.30. The van der Waals surface area contributed by atoms with Crippen molar-refractivity contribution in [3.8, 4) is 0 Å². The SMILES string of the molecule is CC/C=C\C/C=C\C/C=C\C/C=C\C/C=C\CCCCCCCCCCCC(=O)OCC(COC(=O)CCCCCCCCCC)OC(=O)CCCCC/C=C\C/C=C\C/C=C\CC. The number of carbonyl (C=O) groups excluding carboxylic acids is 3. The monoisotopic (exact) mass is 889 g/mol. The zero-order valence-corrected chi connectivity index (χ0v) is 41.5. The number of unbranched alkanes of at least 4 members (excludes halogenated alkanes) is 19. The Morgan fingerprint density at radius 1 is 0.328 bits per heavy atom. The highest BCUT2D eigenvalue weighted by molar-refractivity contribution is 5.71. The first kappa shape index (κ1) is 60.3. The van der Waals surface area contributed by atoms with Gasteiger partial charge in [0.15, 0.2) is 6.10 Å². The van der Waals surface area contributed by atoms with E-state index in [0.29, 0.717) is 19.3 Å². The number of esters is 3. The third-order valence-corrected chi connectivity index (χ3v) is 10.8. The quantitative estimate of drug-likeness (QED) is 0.0262. The van der Waals surface area contributed by atoms with Gasteiger partial charge in [0.05, 0.1) is 0 Å². The van der Waals surface area contributed by atoms with Crippen LogP contribution < -0.4 is 0 Å². The lowest BCUT2D eigenvalue weighted by Gasteiger charge is -2.18. The summed E-state index contributed by atoms with van der Waals surface area (Å²) in [7, 11) is 0. The van der Waals surface area contributed by atoms with Gasteiger partial charge in [-0.25, -0.2) is 0 Å². The van der Waals surface area contributed by atoms with Crippen LogP contribution in [0.4, 0.5) is 0 Å². The van der Waals surface area contributed by atoms with Crippen LogP contribution in [0.15, 0.2) is 97.2 Å². The highest BCUT2D eigenvalue weighted by Crippen LogP contribution is 2.14. The fraction of sp³-hybridized carbons (Fsp3) is 0.672. The van der Waals surface area contributed by atoms with Gasteiger partial charge in [-0.05, 0) is 96.3 Å². The van der Waals surface area contributed by atoms with E-state index in [4.69, 9.17) is 14.2 Å². The van der Waals surface area contributed by atoms with Crippen LogP contribution in [0.1, 0.15) is 233 Å². The first-order chi connectivity index (χ1) is 31.5. The molecule has 64 heavy (non-hydrogen) atoms. The predicted octanol–water partition coefficient (Wildman–Crippen LogP) is 17.4. The van der Waals surface area contributed by atoms with E-state index in [0.717, 1.165) is 122 Å². The van der Waals surface area contributed by atoms with E-state index in [1.165, 1.54) is 70.6 Å². The second kappa shape index (κ2) is 52.0. The zero-order valence-electron chi connectivity index (χ0n) is 41.5. The summed E-state index contributed by atoms with van der Waals surface area (Å²) in [6, 6.07) is 0. The number of hydrogen-bond acceptors (Lipinski definition) is 6. The van der Waals surface area contributed by atoms with Crippen LogP contribution in [0, 0.1) is 0 Å². The number of carbonyl (C=O) groups is 3. The first-order valence-corrected chi connectivity index (χ1v) is 26.2.